The van der Waals surface area contributed by atoms with Crippen molar-refractivity contribution < 1.29 is 9.53 Å². The average Bonchev–Trinajstić information content (AvgIpc) is 2.60. The normalized spacial score (nSPS) is 9.88. The van der Waals surface area contributed by atoms with Gasteiger partial charge in [-0.1, -0.05) is 55.5 Å². The lowest BCUT2D eigenvalue weighted by molar-refractivity contribution is -0.121. The van der Waals surface area contributed by atoms with Gasteiger partial charge < -0.3 is 15.4 Å². The van der Waals surface area contributed by atoms with Crippen molar-refractivity contribution in [1.82, 2.24) is 10.6 Å². The summed E-state index contributed by atoms with van der Waals surface area (Å²) in [6.45, 7) is 4.76. The molecule has 0 bridgehead atoms. The quantitative estimate of drug-likeness (QED) is 0.684. The Labute approximate surface area is 150 Å². The van der Waals surface area contributed by atoms with E-state index in [0.717, 1.165) is 30.0 Å². The van der Waals surface area contributed by atoms with Gasteiger partial charge >= 0.3 is 0 Å². The van der Waals surface area contributed by atoms with E-state index in [-0.39, 0.29) is 18.3 Å². The first kappa shape index (κ1) is 20.0. The van der Waals surface area contributed by atoms with Crippen molar-refractivity contribution in [3.63, 3.8) is 0 Å². The number of carbonyl (C=O) groups excluding carboxylic acids is 1. The Balaban J connectivity index is 0.00000288. The van der Waals surface area contributed by atoms with Crippen molar-refractivity contribution in [1.29, 1.82) is 0 Å². The highest BCUT2D eigenvalue weighted by atomic mass is 35.5. The maximum atomic E-state index is 11.7. The Bertz CT molecular complexity index is 605. The van der Waals surface area contributed by atoms with Crippen LogP contribution in [0.15, 0.2) is 54.6 Å². The van der Waals surface area contributed by atoms with Gasteiger partial charge in [-0.15, -0.1) is 12.4 Å². The summed E-state index contributed by atoms with van der Waals surface area (Å²) in [5, 5.41) is 6.03. The van der Waals surface area contributed by atoms with Crippen LogP contribution < -0.4 is 15.4 Å². The number of likely N-dealkylation sites (N-methyl/N-ethyl adjacent to an activating group) is 1. The van der Waals surface area contributed by atoms with E-state index in [0.29, 0.717) is 19.6 Å². The maximum Gasteiger partial charge on any atom is 0.223 e. The summed E-state index contributed by atoms with van der Waals surface area (Å²) in [4.78, 5) is 11.7. The van der Waals surface area contributed by atoms with Crippen LogP contribution in [0.3, 0.4) is 0 Å². The topological polar surface area (TPSA) is 50.4 Å². The molecular formula is C19H25ClN2O2. The van der Waals surface area contributed by atoms with E-state index in [1.807, 2.05) is 49.4 Å². The molecule has 0 heterocycles. The molecule has 0 radical (unpaired) electrons. The van der Waals surface area contributed by atoms with Gasteiger partial charge in [-0.3, -0.25) is 4.79 Å². The van der Waals surface area contributed by atoms with E-state index < -0.39 is 0 Å². The number of para-hydroxylation sites is 1. The van der Waals surface area contributed by atoms with E-state index in [1.165, 1.54) is 0 Å². The van der Waals surface area contributed by atoms with Crippen molar-refractivity contribution >= 4 is 18.3 Å². The molecule has 2 aromatic carbocycles. The molecule has 5 heteroatoms. The Morgan fingerprint density at radius 3 is 2.46 bits per heavy atom. The number of rotatable bonds is 9. The van der Waals surface area contributed by atoms with E-state index >= 15 is 0 Å². The third kappa shape index (κ3) is 6.60. The predicted octanol–water partition coefficient (Wildman–Crippen LogP) is 3.27. The first-order valence-electron chi connectivity index (χ1n) is 8.06. The molecule has 0 spiro atoms. The van der Waals surface area contributed by atoms with Crippen LogP contribution in [0.4, 0.5) is 0 Å². The van der Waals surface area contributed by atoms with Crippen molar-refractivity contribution in [3.8, 4) is 16.9 Å². The summed E-state index contributed by atoms with van der Waals surface area (Å²) >= 11 is 0. The van der Waals surface area contributed by atoms with Crippen LogP contribution in [0.25, 0.3) is 11.1 Å². The number of benzene rings is 2. The molecule has 0 saturated carbocycles. The van der Waals surface area contributed by atoms with Gasteiger partial charge in [0.15, 0.2) is 0 Å². The number of ether oxygens (including phenoxy) is 1. The van der Waals surface area contributed by atoms with Gasteiger partial charge in [0, 0.05) is 18.7 Å². The predicted molar refractivity (Wildman–Crippen MR) is 101 cm³/mol. The standard InChI is InChI=1S/C19H24N2O2.ClH/c1-2-20-13-14-21-19(22)12-15-23-18-11-7-6-10-17(18)16-8-4-3-5-9-16;/h3-11,20H,2,12-15H2,1H3,(H,21,22);1H. The molecule has 130 valence electrons. The molecule has 2 aromatic rings. The molecule has 4 nitrogen and oxygen atoms in total. The second-order valence-electron chi connectivity index (χ2n) is 5.16. The van der Waals surface area contributed by atoms with E-state index in [9.17, 15) is 4.79 Å². The Morgan fingerprint density at radius 2 is 1.71 bits per heavy atom. The molecule has 0 aliphatic heterocycles. The average molecular weight is 349 g/mol. The summed E-state index contributed by atoms with van der Waals surface area (Å²) in [6.07, 6.45) is 0.356. The molecule has 0 unspecified atom stereocenters. The summed E-state index contributed by atoms with van der Waals surface area (Å²) in [5.41, 5.74) is 2.15. The van der Waals surface area contributed by atoms with Crippen LogP contribution in [-0.2, 0) is 4.79 Å². The minimum absolute atomic E-state index is 0. The number of nitrogens with one attached hydrogen (secondary N) is 2. The molecule has 0 aliphatic rings. The Kier molecular flexibility index (Phi) is 9.58. The molecule has 0 aromatic heterocycles. The lowest BCUT2D eigenvalue weighted by Crippen LogP contribution is -2.32. The minimum atomic E-state index is 0. The summed E-state index contributed by atoms with van der Waals surface area (Å²) in [5.74, 6) is 0.819. The third-order valence-corrected chi connectivity index (χ3v) is 3.43. The van der Waals surface area contributed by atoms with Crippen LogP contribution in [0.5, 0.6) is 5.75 Å². The minimum Gasteiger partial charge on any atom is -0.492 e. The summed E-state index contributed by atoms with van der Waals surface area (Å²) in [7, 11) is 0. The van der Waals surface area contributed by atoms with Crippen molar-refractivity contribution in [2.45, 2.75) is 13.3 Å². The Morgan fingerprint density at radius 1 is 1.00 bits per heavy atom. The molecule has 2 rings (SSSR count). The van der Waals surface area contributed by atoms with E-state index in [2.05, 4.69) is 22.8 Å². The molecule has 2 N–H and O–H groups in total. The second-order valence-corrected chi connectivity index (χ2v) is 5.16. The highest BCUT2D eigenvalue weighted by Crippen LogP contribution is 2.29. The zero-order chi connectivity index (χ0) is 16.3. The number of amides is 1. The van der Waals surface area contributed by atoms with E-state index in [1.54, 1.807) is 0 Å². The molecule has 0 aliphatic carbocycles. The lowest BCUT2D eigenvalue weighted by Gasteiger charge is -2.12. The fourth-order valence-corrected chi connectivity index (χ4v) is 2.26. The fraction of sp³-hybridized carbons (Fsp3) is 0.316. The van der Waals surface area contributed by atoms with Crippen LogP contribution in [-0.4, -0.2) is 32.1 Å². The number of hydrogen-bond acceptors (Lipinski definition) is 3. The fourth-order valence-electron chi connectivity index (χ4n) is 2.26. The van der Waals surface area contributed by atoms with Crippen molar-refractivity contribution in [3.05, 3.63) is 54.6 Å². The van der Waals surface area contributed by atoms with Gasteiger partial charge in [-0.2, -0.15) is 0 Å². The largest absolute Gasteiger partial charge is 0.492 e. The summed E-state index contributed by atoms with van der Waals surface area (Å²) < 4.78 is 5.81. The number of halogens is 1. The smallest absolute Gasteiger partial charge is 0.223 e. The van der Waals surface area contributed by atoms with Crippen LogP contribution >= 0.6 is 12.4 Å². The zero-order valence-electron chi connectivity index (χ0n) is 14.0. The number of hydrogen-bond donors (Lipinski definition) is 2. The maximum absolute atomic E-state index is 11.7. The molecule has 0 fully saturated rings. The highest BCUT2D eigenvalue weighted by Gasteiger charge is 2.06. The van der Waals surface area contributed by atoms with Gasteiger partial charge in [-0.05, 0) is 18.2 Å². The van der Waals surface area contributed by atoms with Crippen molar-refractivity contribution in [2.24, 2.45) is 0 Å². The monoisotopic (exact) mass is 348 g/mol. The van der Waals surface area contributed by atoms with Gasteiger partial charge in [0.25, 0.3) is 0 Å². The second kappa shape index (κ2) is 11.5. The SMILES string of the molecule is CCNCCNC(=O)CCOc1ccccc1-c1ccccc1.Cl. The summed E-state index contributed by atoms with van der Waals surface area (Å²) in [6, 6.07) is 18.0. The first-order chi connectivity index (χ1) is 11.3. The van der Waals surface area contributed by atoms with Gasteiger partial charge in [0.2, 0.25) is 5.91 Å². The van der Waals surface area contributed by atoms with Crippen LogP contribution in [0.1, 0.15) is 13.3 Å². The first-order valence-corrected chi connectivity index (χ1v) is 8.06. The molecule has 0 saturated heterocycles. The lowest BCUT2D eigenvalue weighted by atomic mass is 10.1. The highest BCUT2D eigenvalue weighted by molar-refractivity contribution is 5.85. The zero-order valence-corrected chi connectivity index (χ0v) is 14.8. The van der Waals surface area contributed by atoms with Crippen LogP contribution in [0, 0.1) is 0 Å². The van der Waals surface area contributed by atoms with Gasteiger partial charge in [0.1, 0.15) is 5.75 Å². The molecule has 24 heavy (non-hydrogen) atoms. The van der Waals surface area contributed by atoms with Gasteiger partial charge in [-0.25, -0.2) is 0 Å². The molecular weight excluding hydrogens is 324 g/mol. The van der Waals surface area contributed by atoms with E-state index in [4.69, 9.17) is 4.74 Å². The van der Waals surface area contributed by atoms with Crippen molar-refractivity contribution in [2.75, 3.05) is 26.2 Å². The Hall–Kier alpha value is -2.04. The number of carbonyl (C=O) groups is 1. The van der Waals surface area contributed by atoms with Crippen LogP contribution in [0.2, 0.25) is 0 Å². The third-order valence-electron chi connectivity index (χ3n) is 3.43. The molecule has 0 atom stereocenters. The van der Waals surface area contributed by atoms with Gasteiger partial charge in [0.05, 0.1) is 13.0 Å². The molecule has 1 amide bonds.